The van der Waals surface area contributed by atoms with Crippen LogP contribution in [0.1, 0.15) is 16.7 Å². The molecule has 1 aliphatic carbocycles. The molecule has 0 bridgehead atoms. The van der Waals surface area contributed by atoms with E-state index in [-0.39, 0.29) is 0 Å². The van der Waals surface area contributed by atoms with Crippen LogP contribution in [0.15, 0.2) is 55.1 Å². The Morgan fingerprint density at radius 3 is 2.53 bits per heavy atom. The molecule has 0 atom stereocenters. The first-order valence-electron chi connectivity index (χ1n) is 6.19. The van der Waals surface area contributed by atoms with Crippen molar-refractivity contribution in [2.24, 2.45) is 0 Å². The number of fused-ring (bicyclic) bond motifs is 3. The number of rotatable bonds is 2. The average molecular weight is 284 g/mol. The molecule has 96 valence electrons. The Labute approximate surface area is 125 Å². The van der Waals surface area contributed by atoms with Crippen LogP contribution in [0.4, 0.5) is 0 Å². The zero-order chi connectivity index (χ0) is 13.7. The van der Waals surface area contributed by atoms with Crippen LogP contribution in [0.3, 0.4) is 0 Å². The van der Waals surface area contributed by atoms with Gasteiger partial charge in [-0.3, -0.25) is 0 Å². The van der Waals surface area contributed by atoms with E-state index in [0.29, 0.717) is 0 Å². The molecule has 0 saturated carbocycles. The van der Waals surface area contributed by atoms with E-state index < -0.39 is 0 Å². The molecular formula is C17H16S2. The van der Waals surface area contributed by atoms with Gasteiger partial charge in [0.15, 0.2) is 0 Å². The van der Waals surface area contributed by atoms with Crippen LogP contribution in [0, 0.1) is 0 Å². The number of thiocarbonyl (C=S) groups is 1. The van der Waals surface area contributed by atoms with Crippen LogP contribution >= 0.6 is 24.8 Å². The lowest BCUT2D eigenvalue weighted by atomic mass is 9.99. The summed E-state index contributed by atoms with van der Waals surface area (Å²) in [5.74, 6) is 0. The summed E-state index contributed by atoms with van der Waals surface area (Å²) in [6, 6.07) is 15.3. The summed E-state index contributed by atoms with van der Waals surface area (Å²) < 4.78 is 1.28. The zero-order valence-electron chi connectivity index (χ0n) is 10.7. The van der Waals surface area contributed by atoms with Crippen molar-refractivity contribution < 1.29 is 0 Å². The molecule has 0 unspecified atom stereocenters. The second kappa shape index (κ2) is 6.69. The minimum absolute atomic E-state index is 0.969. The molecular weight excluding hydrogens is 268 g/mol. The van der Waals surface area contributed by atoms with Crippen molar-refractivity contribution in [3.05, 3.63) is 71.8 Å². The van der Waals surface area contributed by atoms with E-state index in [1.165, 1.54) is 32.5 Å². The molecule has 0 N–H and O–H groups in total. The summed E-state index contributed by atoms with van der Waals surface area (Å²) in [6.45, 7) is 3.83. The number of allylic oxidation sites excluding steroid dienone is 1. The van der Waals surface area contributed by atoms with Crippen molar-refractivity contribution in [3.63, 3.8) is 0 Å². The van der Waals surface area contributed by atoms with Gasteiger partial charge in [0.25, 0.3) is 0 Å². The first-order valence-corrected chi connectivity index (χ1v) is 7.18. The van der Waals surface area contributed by atoms with E-state index in [4.69, 9.17) is 0 Å². The van der Waals surface area contributed by atoms with Crippen molar-refractivity contribution in [1.29, 1.82) is 0 Å². The SMILES string of the molecule is C=CCc1cccc2c1Cc1ccccc1-2.S=CS. The third kappa shape index (κ3) is 2.96. The van der Waals surface area contributed by atoms with E-state index in [2.05, 4.69) is 73.9 Å². The predicted molar refractivity (Wildman–Crippen MR) is 91.2 cm³/mol. The molecule has 3 rings (SSSR count). The molecule has 2 aromatic carbocycles. The van der Waals surface area contributed by atoms with Crippen molar-refractivity contribution in [3.8, 4) is 11.1 Å². The van der Waals surface area contributed by atoms with Crippen LogP contribution in [0.5, 0.6) is 0 Å². The van der Waals surface area contributed by atoms with Gasteiger partial charge >= 0.3 is 0 Å². The lowest BCUT2D eigenvalue weighted by molar-refractivity contribution is 1.16. The molecule has 0 amide bonds. The van der Waals surface area contributed by atoms with E-state index >= 15 is 0 Å². The number of benzene rings is 2. The molecule has 2 aromatic rings. The van der Waals surface area contributed by atoms with Gasteiger partial charge < -0.3 is 0 Å². The smallest absolute Gasteiger partial charge is 0.0310 e. The Morgan fingerprint density at radius 1 is 1.11 bits per heavy atom. The summed E-state index contributed by atoms with van der Waals surface area (Å²) in [7, 11) is 0. The van der Waals surface area contributed by atoms with Crippen LogP contribution in [-0.2, 0) is 12.8 Å². The molecule has 19 heavy (non-hydrogen) atoms. The Morgan fingerprint density at radius 2 is 1.79 bits per heavy atom. The average Bonchev–Trinajstić information content (AvgIpc) is 2.80. The minimum Gasteiger partial charge on any atom is -0.140 e. The highest BCUT2D eigenvalue weighted by atomic mass is 32.1. The van der Waals surface area contributed by atoms with Gasteiger partial charge in [-0.25, -0.2) is 0 Å². The quantitative estimate of drug-likeness (QED) is 0.398. The Bertz CT molecular complexity index is 600. The predicted octanol–water partition coefficient (Wildman–Crippen LogP) is 4.86. The summed E-state index contributed by atoms with van der Waals surface area (Å²) in [5, 5.41) is 0. The summed E-state index contributed by atoms with van der Waals surface area (Å²) in [4.78, 5) is 0. The van der Waals surface area contributed by atoms with Crippen LogP contribution in [-0.4, -0.2) is 4.70 Å². The highest BCUT2D eigenvalue weighted by Crippen LogP contribution is 2.38. The molecule has 0 aromatic heterocycles. The highest BCUT2D eigenvalue weighted by molar-refractivity contribution is 8.08. The van der Waals surface area contributed by atoms with Crippen molar-refractivity contribution in [1.82, 2.24) is 0 Å². The second-order valence-corrected chi connectivity index (χ2v) is 5.22. The Balaban J connectivity index is 0.000000408. The summed E-state index contributed by atoms with van der Waals surface area (Å²) in [6.07, 6.45) is 4.03. The highest BCUT2D eigenvalue weighted by Gasteiger charge is 2.19. The molecule has 1 aliphatic rings. The molecule has 0 saturated heterocycles. The van der Waals surface area contributed by atoms with Gasteiger partial charge in [-0.05, 0) is 40.7 Å². The van der Waals surface area contributed by atoms with Gasteiger partial charge in [0.05, 0.1) is 0 Å². The summed E-state index contributed by atoms with van der Waals surface area (Å²) in [5.41, 5.74) is 7.18. The van der Waals surface area contributed by atoms with Gasteiger partial charge in [-0.1, -0.05) is 60.8 Å². The van der Waals surface area contributed by atoms with Crippen molar-refractivity contribution in [2.45, 2.75) is 12.8 Å². The molecule has 0 radical (unpaired) electrons. The fourth-order valence-electron chi connectivity index (χ4n) is 2.57. The van der Waals surface area contributed by atoms with Crippen molar-refractivity contribution in [2.75, 3.05) is 0 Å². The molecule has 0 heterocycles. The normalized spacial score (nSPS) is 10.8. The number of hydrogen-bond donors (Lipinski definition) is 1. The number of hydrogen-bond acceptors (Lipinski definition) is 1. The molecule has 0 spiro atoms. The monoisotopic (exact) mass is 284 g/mol. The number of thiol groups is 1. The van der Waals surface area contributed by atoms with Gasteiger partial charge in [0, 0.05) is 4.70 Å². The summed E-state index contributed by atoms with van der Waals surface area (Å²) >= 11 is 7.61. The third-order valence-electron chi connectivity index (χ3n) is 3.31. The minimum atomic E-state index is 0.969. The molecule has 0 nitrogen and oxygen atoms in total. The van der Waals surface area contributed by atoms with Crippen LogP contribution in [0.2, 0.25) is 0 Å². The fourth-order valence-corrected chi connectivity index (χ4v) is 2.57. The Kier molecular flexibility index (Phi) is 4.94. The van der Waals surface area contributed by atoms with E-state index in [9.17, 15) is 0 Å². The molecule has 0 fully saturated rings. The van der Waals surface area contributed by atoms with E-state index in [0.717, 1.165) is 12.8 Å². The second-order valence-electron chi connectivity index (χ2n) is 4.38. The first kappa shape index (κ1) is 14.0. The standard InChI is InChI=1S/C16H14.CH2S2/c1-2-6-12-8-5-10-15-14-9-4-3-7-13(14)11-16(12)15;2-1-3/h2-5,7-10H,1,6,11H2;1H,(H,2,3). The van der Waals surface area contributed by atoms with Gasteiger partial charge in [-0.2, -0.15) is 0 Å². The first-order chi connectivity index (χ1) is 9.31. The Hall–Kier alpha value is -1.38. The van der Waals surface area contributed by atoms with Crippen LogP contribution in [0.25, 0.3) is 11.1 Å². The lowest BCUT2D eigenvalue weighted by Crippen LogP contribution is -1.90. The molecule has 2 heteroatoms. The van der Waals surface area contributed by atoms with E-state index in [1.54, 1.807) is 0 Å². The lowest BCUT2D eigenvalue weighted by Gasteiger charge is -2.05. The van der Waals surface area contributed by atoms with Gasteiger partial charge in [0.2, 0.25) is 0 Å². The maximum atomic E-state index is 4.13. The van der Waals surface area contributed by atoms with E-state index in [1.807, 2.05) is 6.08 Å². The van der Waals surface area contributed by atoms with Crippen molar-refractivity contribution >= 4 is 29.5 Å². The zero-order valence-corrected chi connectivity index (χ0v) is 12.4. The van der Waals surface area contributed by atoms with Gasteiger partial charge in [0.1, 0.15) is 0 Å². The van der Waals surface area contributed by atoms with Gasteiger partial charge in [-0.15, -0.1) is 19.2 Å². The maximum absolute atomic E-state index is 4.13. The molecule has 0 aliphatic heterocycles. The van der Waals surface area contributed by atoms with Crippen LogP contribution < -0.4 is 0 Å². The largest absolute Gasteiger partial charge is 0.140 e. The topological polar surface area (TPSA) is 0 Å². The fraction of sp³-hybridized carbons (Fsp3) is 0.118. The maximum Gasteiger partial charge on any atom is 0.0310 e. The third-order valence-corrected chi connectivity index (χ3v) is 3.31.